The van der Waals surface area contributed by atoms with Crippen molar-refractivity contribution >= 4 is 0 Å². The minimum Gasteiger partial charge on any atom is -0.326 e. The third-order valence-electron chi connectivity index (χ3n) is 4.55. The Balaban J connectivity index is 1.96. The standard InChI is InChI=1S/C17H27FN2/c1-17(2,3)15-6-8-20(9-7-15)12-14-10-13(11-19)4-5-16(14)18/h4-5,10,15H,6-9,11-12,19H2,1-3H3. The first-order valence-corrected chi connectivity index (χ1v) is 7.60. The highest BCUT2D eigenvalue weighted by molar-refractivity contribution is 5.25. The van der Waals surface area contributed by atoms with Gasteiger partial charge in [0.2, 0.25) is 0 Å². The van der Waals surface area contributed by atoms with E-state index in [-0.39, 0.29) is 5.82 Å². The van der Waals surface area contributed by atoms with Gasteiger partial charge in [-0.2, -0.15) is 0 Å². The van der Waals surface area contributed by atoms with Crippen molar-refractivity contribution in [3.8, 4) is 0 Å². The second-order valence-electron chi connectivity index (χ2n) is 7.05. The molecule has 0 aromatic heterocycles. The highest BCUT2D eigenvalue weighted by Crippen LogP contribution is 2.34. The molecule has 1 saturated heterocycles. The fraction of sp³-hybridized carbons (Fsp3) is 0.647. The van der Waals surface area contributed by atoms with Gasteiger partial charge in [0.15, 0.2) is 0 Å². The summed E-state index contributed by atoms with van der Waals surface area (Å²) in [7, 11) is 0. The van der Waals surface area contributed by atoms with Gasteiger partial charge in [0.05, 0.1) is 0 Å². The van der Waals surface area contributed by atoms with Crippen molar-refractivity contribution in [1.29, 1.82) is 0 Å². The lowest BCUT2D eigenvalue weighted by Crippen LogP contribution is -2.37. The van der Waals surface area contributed by atoms with E-state index in [0.29, 0.717) is 18.5 Å². The zero-order valence-corrected chi connectivity index (χ0v) is 13.0. The molecule has 0 amide bonds. The van der Waals surface area contributed by atoms with Crippen molar-refractivity contribution in [1.82, 2.24) is 4.90 Å². The number of piperidine rings is 1. The van der Waals surface area contributed by atoms with Crippen molar-refractivity contribution in [3.05, 3.63) is 35.1 Å². The predicted octanol–water partition coefficient (Wildman–Crippen LogP) is 3.54. The smallest absolute Gasteiger partial charge is 0.127 e. The Morgan fingerprint density at radius 1 is 1.25 bits per heavy atom. The Bertz CT molecular complexity index is 443. The van der Waals surface area contributed by atoms with Gasteiger partial charge in [-0.1, -0.05) is 32.9 Å². The maximum Gasteiger partial charge on any atom is 0.127 e. The molecule has 0 saturated carbocycles. The molecule has 20 heavy (non-hydrogen) atoms. The van der Waals surface area contributed by atoms with Crippen molar-refractivity contribution in [2.24, 2.45) is 17.1 Å². The fourth-order valence-corrected chi connectivity index (χ4v) is 3.07. The molecule has 1 fully saturated rings. The molecule has 3 heteroatoms. The van der Waals surface area contributed by atoms with E-state index in [1.807, 2.05) is 6.07 Å². The number of hydrogen-bond donors (Lipinski definition) is 1. The van der Waals surface area contributed by atoms with Crippen LogP contribution in [0.2, 0.25) is 0 Å². The number of nitrogens with zero attached hydrogens (tertiary/aromatic N) is 1. The minimum absolute atomic E-state index is 0.111. The van der Waals surface area contributed by atoms with Crippen molar-refractivity contribution in [2.45, 2.75) is 46.7 Å². The van der Waals surface area contributed by atoms with E-state index in [1.165, 1.54) is 12.8 Å². The van der Waals surface area contributed by atoms with Gasteiger partial charge in [-0.3, -0.25) is 4.90 Å². The molecule has 1 aromatic rings. The lowest BCUT2D eigenvalue weighted by atomic mass is 9.75. The Morgan fingerprint density at radius 2 is 1.90 bits per heavy atom. The maximum absolute atomic E-state index is 13.9. The van der Waals surface area contributed by atoms with E-state index in [9.17, 15) is 4.39 Å². The second kappa shape index (κ2) is 6.23. The third-order valence-corrected chi connectivity index (χ3v) is 4.55. The SMILES string of the molecule is CC(C)(C)C1CCN(Cc2cc(CN)ccc2F)CC1. The van der Waals surface area contributed by atoms with Crippen LogP contribution in [0.25, 0.3) is 0 Å². The number of benzene rings is 1. The number of rotatable bonds is 3. The van der Waals surface area contributed by atoms with Crippen LogP contribution in [-0.2, 0) is 13.1 Å². The van der Waals surface area contributed by atoms with Crippen molar-refractivity contribution in [2.75, 3.05) is 13.1 Å². The molecule has 1 aliphatic heterocycles. The molecular formula is C17H27FN2. The largest absolute Gasteiger partial charge is 0.326 e. The average Bonchev–Trinajstić information content (AvgIpc) is 2.41. The first-order chi connectivity index (χ1) is 9.40. The quantitative estimate of drug-likeness (QED) is 0.916. The summed E-state index contributed by atoms with van der Waals surface area (Å²) >= 11 is 0. The van der Waals surface area contributed by atoms with Crippen LogP contribution in [0.15, 0.2) is 18.2 Å². The zero-order valence-electron chi connectivity index (χ0n) is 13.0. The van der Waals surface area contributed by atoms with Gasteiger partial charge in [-0.05, 0) is 48.9 Å². The monoisotopic (exact) mass is 278 g/mol. The zero-order chi connectivity index (χ0) is 14.8. The summed E-state index contributed by atoms with van der Waals surface area (Å²) in [6.07, 6.45) is 2.42. The topological polar surface area (TPSA) is 29.3 Å². The summed E-state index contributed by atoms with van der Waals surface area (Å²) < 4.78 is 13.9. The normalized spacial score (nSPS) is 18.4. The molecule has 1 heterocycles. The molecular weight excluding hydrogens is 251 g/mol. The summed E-state index contributed by atoms with van der Waals surface area (Å²) in [5, 5.41) is 0. The number of nitrogens with two attached hydrogens (primary N) is 1. The van der Waals surface area contributed by atoms with Crippen LogP contribution < -0.4 is 5.73 Å². The van der Waals surface area contributed by atoms with Gasteiger partial charge in [0.25, 0.3) is 0 Å². The van der Waals surface area contributed by atoms with Crippen molar-refractivity contribution < 1.29 is 4.39 Å². The number of hydrogen-bond acceptors (Lipinski definition) is 2. The fourth-order valence-electron chi connectivity index (χ4n) is 3.07. The first kappa shape index (κ1) is 15.5. The Hall–Kier alpha value is -0.930. The summed E-state index contributed by atoms with van der Waals surface area (Å²) in [6.45, 7) is 10.3. The Kier molecular flexibility index (Phi) is 4.82. The highest BCUT2D eigenvalue weighted by atomic mass is 19.1. The van der Waals surface area contributed by atoms with Gasteiger partial charge in [0.1, 0.15) is 5.82 Å². The van der Waals surface area contributed by atoms with Gasteiger partial charge in [-0.15, -0.1) is 0 Å². The van der Waals surface area contributed by atoms with Gasteiger partial charge >= 0.3 is 0 Å². The van der Waals surface area contributed by atoms with Gasteiger partial charge in [0, 0.05) is 18.7 Å². The predicted molar refractivity (Wildman–Crippen MR) is 81.7 cm³/mol. The van der Waals surface area contributed by atoms with E-state index in [1.54, 1.807) is 12.1 Å². The summed E-state index contributed by atoms with van der Waals surface area (Å²) in [4.78, 5) is 2.36. The average molecular weight is 278 g/mol. The molecule has 112 valence electrons. The van der Waals surface area contributed by atoms with E-state index in [4.69, 9.17) is 5.73 Å². The van der Waals surface area contributed by atoms with Crippen LogP contribution >= 0.6 is 0 Å². The molecule has 0 unspecified atom stereocenters. The highest BCUT2D eigenvalue weighted by Gasteiger charge is 2.28. The van der Waals surface area contributed by atoms with E-state index in [0.717, 1.165) is 30.1 Å². The maximum atomic E-state index is 13.9. The van der Waals surface area contributed by atoms with E-state index < -0.39 is 0 Å². The van der Waals surface area contributed by atoms with Gasteiger partial charge in [-0.25, -0.2) is 4.39 Å². The Morgan fingerprint density at radius 3 is 2.45 bits per heavy atom. The summed E-state index contributed by atoms with van der Waals surface area (Å²) in [5.74, 6) is 0.666. The number of likely N-dealkylation sites (tertiary alicyclic amines) is 1. The first-order valence-electron chi connectivity index (χ1n) is 7.60. The van der Waals surface area contributed by atoms with Crippen molar-refractivity contribution in [3.63, 3.8) is 0 Å². The molecule has 2 rings (SSSR count). The summed E-state index contributed by atoms with van der Waals surface area (Å²) in [6, 6.07) is 5.22. The molecule has 0 bridgehead atoms. The van der Waals surface area contributed by atoms with Crippen LogP contribution in [0.5, 0.6) is 0 Å². The van der Waals surface area contributed by atoms with Crippen LogP contribution in [0.3, 0.4) is 0 Å². The molecule has 0 aliphatic carbocycles. The third kappa shape index (κ3) is 3.80. The molecule has 2 nitrogen and oxygen atoms in total. The van der Waals surface area contributed by atoms with Crippen LogP contribution in [0, 0.1) is 17.2 Å². The molecule has 0 radical (unpaired) electrons. The van der Waals surface area contributed by atoms with Gasteiger partial charge < -0.3 is 5.73 Å². The molecule has 0 spiro atoms. The molecule has 0 atom stereocenters. The Labute approximate surface area is 122 Å². The lowest BCUT2D eigenvalue weighted by molar-refractivity contribution is 0.107. The van der Waals surface area contributed by atoms with Crippen LogP contribution in [-0.4, -0.2) is 18.0 Å². The number of halogens is 1. The molecule has 1 aromatic carbocycles. The van der Waals surface area contributed by atoms with E-state index >= 15 is 0 Å². The second-order valence-corrected chi connectivity index (χ2v) is 7.05. The summed E-state index contributed by atoms with van der Waals surface area (Å²) in [5.41, 5.74) is 7.80. The lowest BCUT2D eigenvalue weighted by Gasteiger charge is -2.38. The van der Waals surface area contributed by atoms with Crippen LogP contribution in [0.4, 0.5) is 4.39 Å². The van der Waals surface area contributed by atoms with E-state index in [2.05, 4.69) is 25.7 Å². The molecule has 2 N–H and O–H groups in total. The minimum atomic E-state index is -0.111. The van der Waals surface area contributed by atoms with Crippen LogP contribution in [0.1, 0.15) is 44.7 Å². The molecule has 1 aliphatic rings.